The van der Waals surface area contributed by atoms with Crippen molar-refractivity contribution in [2.24, 2.45) is 0 Å². The molecule has 0 saturated heterocycles. The largest absolute Gasteiger partial charge is 0.504 e. The number of carbonyl (C=O) groups excluding carboxylic acids is 1. The Hall–Kier alpha value is -4.33. The zero-order chi connectivity index (χ0) is 28.3. The Morgan fingerprint density at radius 2 is 1.38 bits per heavy atom. The Kier molecular flexibility index (Phi) is 7.95. The maximum Gasteiger partial charge on any atom is 0.416 e. The lowest BCUT2D eigenvalue weighted by Crippen LogP contribution is -2.14. The maximum absolute atomic E-state index is 14.0. The Morgan fingerprint density at radius 3 is 1.87 bits per heavy atom. The molecule has 0 aliphatic heterocycles. The van der Waals surface area contributed by atoms with Crippen LogP contribution in [0.2, 0.25) is 0 Å². The van der Waals surface area contributed by atoms with Gasteiger partial charge in [0, 0.05) is 22.3 Å². The van der Waals surface area contributed by atoms with E-state index in [0.717, 1.165) is 24.3 Å². The predicted molar refractivity (Wildman–Crippen MR) is 140 cm³/mol. The lowest BCUT2D eigenvalue weighted by Gasteiger charge is -2.22. The molecule has 0 N–H and O–H groups in total. The number of aromatic nitrogens is 1. The Morgan fingerprint density at radius 1 is 0.846 bits per heavy atom. The SMILES string of the molecule is CO/C=C/c1c(-c2ccc(F)cc2)nc(C(C)C)c(C(=O)c2ccc(C(F)(F)F)cc2)c1-c1ccc(F)cc1. The van der Waals surface area contributed by atoms with Crippen LogP contribution in [0, 0.1) is 11.6 Å². The second-order valence-corrected chi connectivity index (χ2v) is 9.12. The summed E-state index contributed by atoms with van der Waals surface area (Å²) in [5, 5.41) is 0. The summed E-state index contributed by atoms with van der Waals surface area (Å²) >= 11 is 0. The van der Waals surface area contributed by atoms with Gasteiger partial charge < -0.3 is 4.74 Å². The van der Waals surface area contributed by atoms with Gasteiger partial charge in [-0.2, -0.15) is 13.2 Å². The quantitative estimate of drug-likeness (QED) is 0.135. The Bertz CT molecular complexity index is 1510. The number of pyridine rings is 1. The first-order chi connectivity index (χ1) is 18.5. The summed E-state index contributed by atoms with van der Waals surface area (Å²) in [4.78, 5) is 18.8. The number of halogens is 5. The minimum Gasteiger partial charge on any atom is -0.504 e. The smallest absolute Gasteiger partial charge is 0.416 e. The fourth-order valence-electron chi connectivity index (χ4n) is 4.26. The Balaban J connectivity index is 2.09. The summed E-state index contributed by atoms with van der Waals surface area (Å²) in [5.74, 6) is -1.76. The third-order valence-electron chi connectivity index (χ3n) is 6.13. The van der Waals surface area contributed by atoms with Crippen LogP contribution in [0.4, 0.5) is 22.0 Å². The molecule has 1 aromatic heterocycles. The van der Waals surface area contributed by atoms with Gasteiger partial charge in [-0.15, -0.1) is 0 Å². The van der Waals surface area contributed by atoms with Crippen molar-refractivity contribution in [3.8, 4) is 22.4 Å². The highest BCUT2D eigenvalue weighted by Gasteiger charge is 2.31. The van der Waals surface area contributed by atoms with E-state index in [1.165, 1.54) is 49.8 Å². The fourth-order valence-corrected chi connectivity index (χ4v) is 4.26. The molecule has 0 spiro atoms. The zero-order valence-corrected chi connectivity index (χ0v) is 21.3. The van der Waals surface area contributed by atoms with Crippen LogP contribution < -0.4 is 0 Å². The average Bonchev–Trinajstić information content (AvgIpc) is 2.91. The van der Waals surface area contributed by atoms with Gasteiger partial charge in [0.2, 0.25) is 0 Å². The van der Waals surface area contributed by atoms with E-state index in [9.17, 15) is 26.7 Å². The lowest BCUT2D eigenvalue weighted by atomic mass is 9.84. The second kappa shape index (κ2) is 11.2. The highest BCUT2D eigenvalue weighted by Crippen LogP contribution is 2.40. The first-order valence-corrected chi connectivity index (χ1v) is 12.0. The number of ketones is 1. The van der Waals surface area contributed by atoms with Crippen molar-refractivity contribution in [1.29, 1.82) is 0 Å². The van der Waals surface area contributed by atoms with Crippen LogP contribution in [0.5, 0.6) is 0 Å². The molecule has 8 heteroatoms. The van der Waals surface area contributed by atoms with Crippen LogP contribution in [0.1, 0.15) is 52.5 Å². The van der Waals surface area contributed by atoms with Gasteiger partial charge in [0.25, 0.3) is 0 Å². The number of hydrogen-bond acceptors (Lipinski definition) is 3. The summed E-state index contributed by atoms with van der Waals surface area (Å²) in [6, 6.07) is 15.2. The van der Waals surface area contributed by atoms with Crippen LogP contribution in [0.3, 0.4) is 0 Å². The van der Waals surface area contributed by atoms with Crippen molar-refractivity contribution in [1.82, 2.24) is 4.98 Å². The van der Waals surface area contributed by atoms with Gasteiger partial charge in [-0.05, 0) is 66.1 Å². The molecular formula is C31H24F5NO2. The van der Waals surface area contributed by atoms with Gasteiger partial charge >= 0.3 is 6.18 Å². The number of ether oxygens (including phenoxy) is 1. The van der Waals surface area contributed by atoms with E-state index >= 15 is 0 Å². The number of rotatable bonds is 7. The van der Waals surface area contributed by atoms with Crippen LogP contribution in [0.25, 0.3) is 28.5 Å². The fraction of sp³-hybridized carbons (Fsp3) is 0.161. The molecule has 200 valence electrons. The molecule has 4 aromatic rings. The molecule has 4 rings (SSSR count). The topological polar surface area (TPSA) is 39.2 Å². The van der Waals surface area contributed by atoms with Gasteiger partial charge in [0.15, 0.2) is 5.78 Å². The molecule has 1 heterocycles. The van der Waals surface area contributed by atoms with E-state index in [-0.39, 0.29) is 17.0 Å². The summed E-state index contributed by atoms with van der Waals surface area (Å²) in [5.41, 5.74) is 2.00. The molecule has 0 saturated carbocycles. The van der Waals surface area contributed by atoms with Crippen molar-refractivity contribution < 1.29 is 31.5 Å². The van der Waals surface area contributed by atoms with E-state index in [1.54, 1.807) is 18.2 Å². The number of methoxy groups -OCH3 is 1. The van der Waals surface area contributed by atoms with Crippen molar-refractivity contribution in [3.63, 3.8) is 0 Å². The summed E-state index contributed by atoms with van der Waals surface area (Å²) < 4.78 is 72.3. The maximum atomic E-state index is 14.0. The molecule has 3 nitrogen and oxygen atoms in total. The molecule has 0 aliphatic carbocycles. The summed E-state index contributed by atoms with van der Waals surface area (Å²) in [6.07, 6.45) is -1.57. The molecule has 0 unspecified atom stereocenters. The van der Waals surface area contributed by atoms with Gasteiger partial charge in [0.05, 0.1) is 35.9 Å². The minimum absolute atomic E-state index is 0.0336. The standard InChI is InChI=1S/C31H24F5NO2/c1-18(2)28-27(30(38)21-4-10-22(11-5-21)31(34,35)36)26(19-6-12-23(32)13-7-19)25(16-17-39-3)29(37-28)20-8-14-24(33)15-9-20/h4-18H,1-3H3/b17-16+. The highest BCUT2D eigenvalue weighted by molar-refractivity contribution is 6.15. The molecule has 0 fully saturated rings. The highest BCUT2D eigenvalue weighted by atomic mass is 19.4. The normalized spacial score (nSPS) is 11.8. The number of alkyl halides is 3. The second-order valence-electron chi connectivity index (χ2n) is 9.12. The minimum atomic E-state index is -4.56. The lowest BCUT2D eigenvalue weighted by molar-refractivity contribution is -0.137. The number of carbonyl (C=O) groups is 1. The number of hydrogen-bond donors (Lipinski definition) is 0. The zero-order valence-electron chi connectivity index (χ0n) is 21.3. The van der Waals surface area contributed by atoms with Crippen molar-refractivity contribution in [2.75, 3.05) is 7.11 Å². The molecule has 0 radical (unpaired) electrons. The van der Waals surface area contributed by atoms with E-state index in [4.69, 9.17) is 9.72 Å². The third kappa shape index (κ3) is 5.90. The van der Waals surface area contributed by atoms with Crippen LogP contribution in [0.15, 0.2) is 79.1 Å². The third-order valence-corrected chi connectivity index (χ3v) is 6.13. The first-order valence-electron chi connectivity index (χ1n) is 12.0. The number of benzene rings is 3. The molecule has 0 amide bonds. The van der Waals surface area contributed by atoms with Crippen LogP contribution >= 0.6 is 0 Å². The molecule has 3 aromatic carbocycles. The van der Waals surface area contributed by atoms with Crippen molar-refractivity contribution in [2.45, 2.75) is 25.9 Å². The summed E-state index contributed by atoms with van der Waals surface area (Å²) in [6.45, 7) is 3.67. The first kappa shape index (κ1) is 27.7. The van der Waals surface area contributed by atoms with E-state index < -0.39 is 29.2 Å². The van der Waals surface area contributed by atoms with Gasteiger partial charge in [-0.1, -0.05) is 38.1 Å². The molecule has 39 heavy (non-hydrogen) atoms. The molecular weight excluding hydrogens is 513 g/mol. The van der Waals surface area contributed by atoms with Crippen molar-refractivity contribution >= 4 is 11.9 Å². The number of nitrogens with zero attached hydrogens (tertiary/aromatic N) is 1. The van der Waals surface area contributed by atoms with E-state index in [0.29, 0.717) is 33.6 Å². The monoisotopic (exact) mass is 537 g/mol. The Labute approximate surface area is 222 Å². The molecule has 0 aliphatic rings. The molecule has 0 bridgehead atoms. The van der Waals surface area contributed by atoms with Gasteiger partial charge in [-0.25, -0.2) is 8.78 Å². The van der Waals surface area contributed by atoms with E-state index in [1.807, 2.05) is 13.8 Å². The average molecular weight is 538 g/mol. The summed E-state index contributed by atoms with van der Waals surface area (Å²) in [7, 11) is 1.44. The van der Waals surface area contributed by atoms with E-state index in [2.05, 4.69) is 0 Å². The van der Waals surface area contributed by atoms with Crippen LogP contribution in [-0.4, -0.2) is 17.9 Å². The predicted octanol–water partition coefficient (Wildman–Crippen LogP) is 8.68. The van der Waals surface area contributed by atoms with Gasteiger partial charge in [0.1, 0.15) is 11.6 Å². The molecule has 0 atom stereocenters. The van der Waals surface area contributed by atoms with Crippen molar-refractivity contribution in [3.05, 3.63) is 119 Å². The van der Waals surface area contributed by atoms with Gasteiger partial charge in [-0.3, -0.25) is 9.78 Å². The van der Waals surface area contributed by atoms with Crippen LogP contribution in [-0.2, 0) is 10.9 Å².